The number of phenolic OH excluding ortho intramolecular Hbond substituents is 1. The Labute approximate surface area is 150 Å². The van der Waals surface area contributed by atoms with E-state index in [-0.39, 0.29) is 17.1 Å². The number of esters is 1. The number of ketones is 1. The summed E-state index contributed by atoms with van der Waals surface area (Å²) in [6.45, 7) is 0. The van der Waals surface area contributed by atoms with E-state index in [2.05, 4.69) is 0 Å². The van der Waals surface area contributed by atoms with Crippen molar-refractivity contribution in [2.24, 2.45) is 0 Å². The van der Waals surface area contributed by atoms with E-state index < -0.39 is 17.9 Å². The van der Waals surface area contributed by atoms with Crippen molar-refractivity contribution >= 4 is 11.8 Å². The Morgan fingerprint density at radius 2 is 1.46 bits per heavy atom. The average molecular weight is 348 g/mol. The van der Waals surface area contributed by atoms with Crippen LogP contribution in [0.25, 0.3) is 0 Å². The summed E-state index contributed by atoms with van der Waals surface area (Å²) >= 11 is 0. The first-order valence-corrected chi connectivity index (χ1v) is 7.94. The van der Waals surface area contributed by atoms with Gasteiger partial charge in [0, 0.05) is 6.07 Å². The van der Waals surface area contributed by atoms with Crippen LogP contribution in [-0.2, 0) is 0 Å². The molecule has 3 rings (SSSR count). The Morgan fingerprint density at radius 1 is 0.846 bits per heavy atom. The normalized spacial score (nSPS) is 11.6. The Morgan fingerprint density at radius 3 is 2.12 bits per heavy atom. The van der Waals surface area contributed by atoms with Crippen LogP contribution >= 0.6 is 0 Å². The van der Waals surface area contributed by atoms with Crippen LogP contribution in [0.3, 0.4) is 0 Å². The summed E-state index contributed by atoms with van der Waals surface area (Å²) in [5, 5.41) is 20.0. The number of ether oxygens (including phenoxy) is 1. The SMILES string of the molecule is O=C(Oc1cc(O)ccc1C(=O)C(O)c1ccccc1)c1ccccc1. The molecule has 0 spiro atoms. The fourth-order valence-electron chi connectivity index (χ4n) is 2.47. The zero-order valence-corrected chi connectivity index (χ0v) is 13.7. The van der Waals surface area contributed by atoms with Crippen molar-refractivity contribution in [1.29, 1.82) is 0 Å². The van der Waals surface area contributed by atoms with E-state index in [1.807, 2.05) is 0 Å². The number of hydrogen-bond acceptors (Lipinski definition) is 5. The summed E-state index contributed by atoms with van der Waals surface area (Å²) in [6, 6.07) is 20.5. The zero-order chi connectivity index (χ0) is 18.5. The maximum atomic E-state index is 12.7. The predicted molar refractivity (Wildman–Crippen MR) is 95.2 cm³/mol. The molecule has 0 bridgehead atoms. The minimum absolute atomic E-state index is 0.00318. The highest BCUT2D eigenvalue weighted by Gasteiger charge is 2.24. The number of Topliss-reactive ketones (excluding diaryl/α,β-unsaturated/α-hetero) is 1. The molecule has 1 unspecified atom stereocenters. The molecule has 0 saturated carbocycles. The number of phenols is 1. The van der Waals surface area contributed by atoms with E-state index >= 15 is 0 Å². The standard InChI is InChI=1S/C21H16O5/c22-16-11-12-17(20(24)19(23)14-7-3-1-4-8-14)18(13-16)26-21(25)15-9-5-2-6-10-15/h1-13,19,22-23H. The second-order valence-electron chi connectivity index (χ2n) is 5.61. The van der Waals surface area contributed by atoms with E-state index in [0.717, 1.165) is 0 Å². The van der Waals surface area contributed by atoms with E-state index in [4.69, 9.17) is 4.74 Å². The fraction of sp³-hybridized carbons (Fsp3) is 0.0476. The molecule has 0 amide bonds. The van der Waals surface area contributed by atoms with Crippen LogP contribution in [0.1, 0.15) is 32.4 Å². The lowest BCUT2D eigenvalue weighted by molar-refractivity contribution is 0.0711. The van der Waals surface area contributed by atoms with Gasteiger partial charge in [-0.15, -0.1) is 0 Å². The van der Waals surface area contributed by atoms with E-state index in [1.54, 1.807) is 60.7 Å². The van der Waals surface area contributed by atoms with Crippen molar-refractivity contribution in [1.82, 2.24) is 0 Å². The van der Waals surface area contributed by atoms with Crippen LogP contribution in [0.15, 0.2) is 78.9 Å². The van der Waals surface area contributed by atoms with Crippen molar-refractivity contribution in [2.75, 3.05) is 0 Å². The van der Waals surface area contributed by atoms with Crippen LogP contribution in [-0.4, -0.2) is 22.0 Å². The number of aliphatic hydroxyl groups excluding tert-OH is 1. The van der Waals surface area contributed by atoms with Crippen molar-refractivity contribution < 1.29 is 24.5 Å². The van der Waals surface area contributed by atoms with Gasteiger partial charge in [-0.1, -0.05) is 48.5 Å². The van der Waals surface area contributed by atoms with Gasteiger partial charge < -0.3 is 14.9 Å². The third kappa shape index (κ3) is 3.79. The Bertz CT molecular complexity index is 920. The third-order valence-corrected chi connectivity index (χ3v) is 3.81. The monoisotopic (exact) mass is 348 g/mol. The number of hydrogen-bond donors (Lipinski definition) is 2. The third-order valence-electron chi connectivity index (χ3n) is 3.81. The summed E-state index contributed by atoms with van der Waals surface area (Å²) in [6.07, 6.45) is -1.41. The molecule has 0 fully saturated rings. The first-order valence-electron chi connectivity index (χ1n) is 7.94. The van der Waals surface area contributed by atoms with Gasteiger partial charge in [-0.3, -0.25) is 4.79 Å². The van der Waals surface area contributed by atoms with Gasteiger partial charge in [0.05, 0.1) is 11.1 Å². The quantitative estimate of drug-likeness (QED) is 0.419. The number of aliphatic hydroxyl groups is 1. The highest BCUT2D eigenvalue weighted by atomic mass is 16.5. The van der Waals surface area contributed by atoms with Crippen molar-refractivity contribution in [3.8, 4) is 11.5 Å². The van der Waals surface area contributed by atoms with Gasteiger partial charge in [0.25, 0.3) is 0 Å². The highest BCUT2D eigenvalue weighted by Crippen LogP contribution is 2.29. The molecule has 5 heteroatoms. The fourth-order valence-corrected chi connectivity index (χ4v) is 2.47. The van der Waals surface area contributed by atoms with Crippen LogP contribution in [0.4, 0.5) is 0 Å². The molecule has 5 nitrogen and oxygen atoms in total. The van der Waals surface area contributed by atoms with Crippen LogP contribution in [0.2, 0.25) is 0 Å². The van der Waals surface area contributed by atoms with E-state index in [0.29, 0.717) is 11.1 Å². The predicted octanol–water partition coefficient (Wildman–Crippen LogP) is 3.53. The molecule has 0 radical (unpaired) electrons. The molecular formula is C21H16O5. The molecule has 2 N–H and O–H groups in total. The lowest BCUT2D eigenvalue weighted by Crippen LogP contribution is -2.16. The second-order valence-corrected chi connectivity index (χ2v) is 5.61. The molecule has 0 heterocycles. The minimum atomic E-state index is -1.41. The molecule has 3 aromatic rings. The van der Waals surface area contributed by atoms with Gasteiger partial charge in [0.1, 0.15) is 17.6 Å². The van der Waals surface area contributed by atoms with Gasteiger partial charge in [-0.2, -0.15) is 0 Å². The first kappa shape index (κ1) is 17.4. The average Bonchev–Trinajstić information content (AvgIpc) is 2.68. The van der Waals surface area contributed by atoms with Gasteiger partial charge in [0.2, 0.25) is 0 Å². The Kier molecular flexibility index (Phi) is 5.10. The summed E-state index contributed by atoms with van der Waals surface area (Å²) < 4.78 is 5.29. The lowest BCUT2D eigenvalue weighted by atomic mass is 9.99. The molecule has 1 atom stereocenters. The topological polar surface area (TPSA) is 83.8 Å². The summed E-state index contributed by atoms with van der Waals surface area (Å²) in [5.74, 6) is -1.57. The number of carbonyl (C=O) groups excluding carboxylic acids is 2. The van der Waals surface area contributed by atoms with E-state index in [1.165, 1.54) is 18.2 Å². The number of aromatic hydroxyl groups is 1. The molecule has 3 aromatic carbocycles. The molecule has 0 saturated heterocycles. The van der Waals surface area contributed by atoms with Crippen LogP contribution in [0, 0.1) is 0 Å². The number of benzene rings is 3. The zero-order valence-electron chi connectivity index (χ0n) is 13.7. The van der Waals surface area contributed by atoms with E-state index in [9.17, 15) is 19.8 Å². The van der Waals surface area contributed by atoms with Crippen molar-refractivity contribution in [2.45, 2.75) is 6.10 Å². The summed E-state index contributed by atoms with van der Waals surface area (Å²) in [7, 11) is 0. The highest BCUT2D eigenvalue weighted by molar-refractivity contribution is 6.03. The lowest BCUT2D eigenvalue weighted by Gasteiger charge is -2.14. The molecule has 130 valence electrons. The Hall–Kier alpha value is -3.44. The Balaban J connectivity index is 1.91. The maximum Gasteiger partial charge on any atom is 0.343 e. The van der Waals surface area contributed by atoms with Crippen LogP contribution in [0.5, 0.6) is 11.5 Å². The molecule has 0 aliphatic heterocycles. The summed E-state index contributed by atoms with van der Waals surface area (Å²) in [5.41, 5.74) is 0.729. The van der Waals surface area contributed by atoms with Gasteiger partial charge >= 0.3 is 5.97 Å². The van der Waals surface area contributed by atoms with Gasteiger partial charge in [-0.05, 0) is 29.8 Å². The smallest absolute Gasteiger partial charge is 0.343 e. The maximum absolute atomic E-state index is 12.7. The van der Waals surface area contributed by atoms with Gasteiger partial charge in [0.15, 0.2) is 5.78 Å². The van der Waals surface area contributed by atoms with Crippen molar-refractivity contribution in [3.63, 3.8) is 0 Å². The molecule has 0 aliphatic rings. The molecular weight excluding hydrogens is 332 g/mol. The van der Waals surface area contributed by atoms with Gasteiger partial charge in [-0.25, -0.2) is 4.79 Å². The molecule has 26 heavy (non-hydrogen) atoms. The summed E-state index contributed by atoms with van der Waals surface area (Å²) in [4.78, 5) is 24.9. The largest absolute Gasteiger partial charge is 0.508 e. The molecule has 0 aliphatic carbocycles. The minimum Gasteiger partial charge on any atom is -0.508 e. The van der Waals surface area contributed by atoms with Crippen LogP contribution < -0.4 is 4.74 Å². The van der Waals surface area contributed by atoms with Crippen molar-refractivity contribution in [3.05, 3.63) is 95.6 Å². The molecule has 0 aromatic heterocycles. The first-order chi connectivity index (χ1) is 12.6. The number of rotatable bonds is 5. The second kappa shape index (κ2) is 7.63. The number of carbonyl (C=O) groups is 2.